The monoisotopic (exact) mass is 406 g/mol. The molecule has 2 saturated heterocycles. The molecule has 0 spiro atoms. The van der Waals surface area contributed by atoms with Crippen LogP contribution in [0.25, 0.3) is 5.65 Å². The lowest BCUT2D eigenvalue weighted by Crippen LogP contribution is -2.36. The van der Waals surface area contributed by atoms with Gasteiger partial charge in [0.2, 0.25) is 5.95 Å². The van der Waals surface area contributed by atoms with Gasteiger partial charge in [-0.2, -0.15) is 4.98 Å². The first-order valence-electron chi connectivity index (χ1n) is 10.6. The van der Waals surface area contributed by atoms with Crippen LogP contribution in [0, 0.1) is 0 Å². The summed E-state index contributed by atoms with van der Waals surface area (Å²) < 4.78 is 1.76. The third kappa shape index (κ3) is 3.93. The second kappa shape index (κ2) is 8.27. The van der Waals surface area contributed by atoms with E-state index in [1.807, 2.05) is 30.5 Å². The highest BCUT2D eigenvalue weighted by Gasteiger charge is 2.19. The first-order chi connectivity index (χ1) is 14.8. The van der Waals surface area contributed by atoms with E-state index in [9.17, 15) is 4.79 Å². The number of imidazole rings is 1. The van der Waals surface area contributed by atoms with Crippen LogP contribution in [0.3, 0.4) is 0 Å². The van der Waals surface area contributed by atoms with E-state index in [0.29, 0.717) is 23.0 Å². The van der Waals surface area contributed by atoms with Crippen molar-refractivity contribution < 1.29 is 4.79 Å². The molecule has 9 heteroatoms. The maximum absolute atomic E-state index is 12.4. The molecular weight excluding hydrogens is 380 g/mol. The molecule has 0 saturated carbocycles. The molecule has 0 aliphatic carbocycles. The number of benzene rings is 1. The zero-order valence-corrected chi connectivity index (χ0v) is 16.8. The van der Waals surface area contributed by atoms with E-state index in [-0.39, 0.29) is 11.9 Å². The van der Waals surface area contributed by atoms with Crippen LogP contribution in [-0.4, -0.2) is 57.7 Å². The smallest absolute Gasteiger partial charge is 0.251 e. The van der Waals surface area contributed by atoms with Gasteiger partial charge >= 0.3 is 0 Å². The third-order valence-electron chi connectivity index (χ3n) is 5.69. The number of fused-ring (bicyclic) bond motifs is 1. The summed E-state index contributed by atoms with van der Waals surface area (Å²) in [6.07, 6.45) is 8.11. The highest BCUT2D eigenvalue weighted by Crippen LogP contribution is 2.23. The van der Waals surface area contributed by atoms with Crippen molar-refractivity contribution in [2.24, 2.45) is 0 Å². The van der Waals surface area contributed by atoms with Crippen molar-refractivity contribution in [3.8, 4) is 0 Å². The summed E-state index contributed by atoms with van der Waals surface area (Å²) in [7, 11) is 0. The number of rotatable bonds is 5. The average Bonchev–Trinajstić information content (AvgIpc) is 3.47. The van der Waals surface area contributed by atoms with Gasteiger partial charge in [0.25, 0.3) is 5.91 Å². The molecule has 3 N–H and O–H groups in total. The van der Waals surface area contributed by atoms with Crippen molar-refractivity contribution in [3.05, 3.63) is 42.2 Å². The van der Waals surface area contributed by atoms with E-state index in [1.54, 1.807) is 10.7 Å². The largest absolute Gasteiger partial charge is 0.348 e. The maximum Gasteiger partial charge on any atom is 0.251 e. The van der Waals surface area contributed by atoms with Gasteiger partial charge in [-0.05, 0) is 56.5 Å². The second-order valence-corrected chi connectivity index (χ2v) is 7.87. The van der Waals surface area contributed by atoms with Gasteiger partial charge in [0.05, 0.1) is 0 Å². The minimum Gasteiger partial charge on any atom is -0.348 e. The first-order valence-corrected chi connectivity index (χ1v) is 10.6. The Hall–Kier alpha value is -3.20. The lowest BCUT2D eigenvalue weighted by atomic mass is 10.1. The van der Waals surface area contributed by atoms with Gasteiger partial charge in [0, 0.05) is 49.3 Å². The first kappa shape index (κ1) is 18.8. The third-order valence-corrected chi connectivity index (χ3v) is 5.69. The quantitative estimate of drug-likeness (QED) is 0.596. The molecule has 156 valence electrons. The average molecular weight is 406 g/mol. The van der Waals surface area contributed by atoms with E-state index >= 15 is 0 Å². The van der Waals surface area contributed by atoms with Gasteiger partial charge in [-0.25, -0.2) is 9.50 Å². The van der Waals surface area contributed by atoms with Gasteiger partial charge in [-0.3, -0.25) is 4.79 Å². The standard InChI is InChI=1S/C21H26N8O/c30-20(25-17-8-9-22-14-17)15-4-6-16(7-5-15)24-18-19-23-10-13-29(19)27-21(26-18)28-11-2-1-3-12-28/h4-7,10,13,17,22H,1-3,8-9,11-12,14H2,(H,25,30)(H,24,26,27)/t17-/m0/s1. The van der Waals surface area contributed by atoms with E-state index < -0.39 is 0 Å². The zero-order valence-electron chi connectivity index (χ0n) is 16.8. The number of amides is 1. The molecule has 4 heterocycles. The molecule has 30 heavy (non-hydrogen) atoms. The second-order valence-electron chi connectivity index (χ2n) is 7.87. The Labute approximate surface area is 174 Å². The Morgan fingerprint density at radius 2 is 1.97 bits per heavy atom. The minimum absolute atomic E-state index is 0.0414. The number of hydrogen-bond donors (Lipinski definition) is 3. The summed E-state index contributed by atoms with van der Waals surface area (Å²) in [5, 5.41) is 14.3. The van der Waals surface area contributed by atoms with Gasteiger partial charge in [-0.1, -0.05) is 0 Å². The molecule has 2 aliphatic rings. The van der Waals surface area contributed by atoms with Crippen LogP contribution < -0.4 is 20.9 Å². The SMILES string of the molecule is O=C(N[C@H]1CCNC1)c1ccc(Nc2nc(N3CCCCC3)nn3ccnc23)cc1. The molecule has 0 unspecified atom stereocenters. The Kier molecular flexibility index (Phi) is 5.18. The van der Waals surface area contributed by atoms with E-state index in [2.05, 4.69) is 30.9 Å². The molecule has 3 aromatic rings. The summed E-state index contributed by atoms with van der Waals surface area (Å²) in [4.78, 5) is 23.8. The summed E-state index contributed by atoms with van der Waals surface area (Å²) in [5.74, 6) is 1.33. The predicted molar refractivity (Wildman–Crippen MR) is 115 cm³/mol. The van der Waals surface area contributed by atoms with E-state index in [4.69, 9.17) is 4.98 Å². The molecule has 0 bridgehead atoms. The highest BCUT2D eigenvalue weighted by molar-refractivity contribution is 5.94. The molecule has 5 rings (SSSR count). The molecule has 1 aromatic carbocycles. The van der Waals surface area contributed by atoms with Crippen molar-refractivity contribution in [1.82, 2.24) is 30.2 Å². The Morgan fingerprint density at radius 1 is 1.13 bits per heavy atom. The Morgan fingerprint density at radius 3 is 2.73 bits per heavy atom. The van der Waals surface area contributed by atoms with E-state index in [0.717, 1.165) is 51.1 Å². The van der Waals surface area contributed by atoms with Crippen LogP contribution in [0.1, 0.15) is 36.0 Å². The number of carbonyl (C=O) groups excluding carboxylic acids is 1. The highest BCUT2D eigenvalue weighted by atomic mass is 16.1. The summed E-state index contributed by atoms with van der Waals surface area (Å²) in [6, 6.07) is 7.65. The number of anilines is 3. The number of carbonyl (C=O) groups is 1. The van der Waals surface area contributed by atoms with Crippen LogP contribution in [-0.2, 0) is 0 Å². The van der Waals surface area contributed by atoms with Crippen LogP contribution in [0.5, 0.6) is 0 Å². The fraction of sp³-hybridized carbons (Fsp3) is 0.429. The van der Waals surface area contributed by atoms with Gasteiger partial charge in [-0.15, -0.1) is 5.10 Å². The molecule has 1 amide bonds. The number of nitrogens with zero attached hydrogens (tertiary/aromatic N) is 5. The van der Waals surface area contributed by atoms with Crippen molar-refractivity contribution in [2.45, 2.75) is 31.7 Å². The lowest BCUT2D eigenvalue weighted by Gasteiger charge is -2.26. The fourth-order valence-corrected chi connectivity index (χ4v) is 4.02. The van der Waals surface area contributed by atoms with Crippen molar-refractivity contribution in [3.63, 3.8) is 0 Å². The van der Waals surface area contributed by atoms with Gasteiger partial charge in [0.1, 0.15) is 0 Å². The Bertz CT molecular complexity index is 1020. The summed E-state index contributed by atoms with van der Waals surface area (Å²) in [6.45, 7) is 3.73. The molecule has 0 radical (unpaired) electrons. The molecule has 2 aliphatic heterocycles. The molecule has 9 nitrogen and oxygen atoms in total. The fourth-order valence-electron chi connectivity index (χ4n) is 4.02. The number of hydrogen-bond acceptors (Lipinski definition) is 7. The molecular formula is C21H26N8O. The Balaban J connectivity index is 1.34. The molecule has 1 atom stereocenters. The topological polar surface area (TPSA) is 99.5 Å². The van der Waals surface area contributed by atoms with Gasteiger partial charge < -0.3 is 20.9 Å². The maximum atomic E-state index is 12.4. The number of piperidine rings is 1. The van der Waals surface area contributed by atoms with Crippen LogP contribution in [0.4, 0.5) is 17.5 Å². The van der Waals surface area contributed by atoms with Crippen molar-refractivity contribution >= 4 is 29.0 Å². The lowest BCUT2D eigenvalue weighted by molar-refractivity contribution is 0.0940. The normalized spacial score (nSPS) is 19.2. The molecule has 2 aromatic heterocycles. The van der Waals surface area contributed by atoms with Crippen molar-refractivity contribution in [2.75, 3.05) is 36.4 Å². The number of nitrogens with one attached hydrogen (secondary N) is 3. The molecule has 2 fully saturated rings. The summed E-state index contributed by atoms with van der Waals surface area (Å²) in [5.41, 5.74) is 2.17. The van der Waals surface area contributed by atoms with Crippen molar-refractivity contribution in [1.29, 1.82) is 0 Å². The number of aromatic nitrogens is 4. The van der Waals surface area contributed by atoms with Crippen LogP contribution in [0.2, 0.25) is 0 Å². The predicted octanol–water partition coefficient (Wildman–Crippen LogP) is 1.95. The minimum atomic E-state index is -0.0414. The van der Waals surface area contributed by atoms with Crippen LogP contribution in [0.15, 0.2) is 36.7 Å². The summed E-state index contributed by atoms with van der Waals surface area (Å²) >= 11 is 0. The van der Waals surface area contributed by atoms with Crippen LogP contribution >= 0.6 is 0 Å². The zero-order chi connectivity index (χ0) is 20.3. The van der Waals surface area contributed by atoms with Gasteiger partial charge in [0.15, 0.2) is 11.5 Å². The van der Waals surface area contributed by atoms with E-state index in [1.165, 1.54) is 6.42 Å².